The molecule has 0 radical (unpaired) electrons. The first-order valence-corrected chi connectivity index (χ1v) is 8.32. The third-order valence-corrected chi connectivity index (χ3v) is 4.68. The SMILES string of the molecule is CC(C)C(C)(C#N)NC(=O)CSc1n[nH]c(C2CCCO2)n1. The van der Waals surface area contributed by atoms with E-state index in [2.05, 4.69) is 26.6 Å². The first-order chi connectivity index (χ1) is 10.4. The minimum Gasteiger partial charge on any atom is -0.370 e. The van der Waals surface area contributed by atoms with Gasteiger partial charge in [0.25, 0.3) is 0 Å². The van der Waals surface area contributed by atoms with Crippen molar-refractivity contribution in [3.8, 4) is 6.07 Å². The van der Waals surface area contributed by atoms with E-state index in [1.807, 2.05) is 13.8 Å². The molecule has 0 bridgehead atoms. The molecule has 0 aliphatic carbocycles. The summed E-state index contributed by atoms with van der Waals surface area (Å²) in [6.45, 7) is 6.28. The highest BCUT2D eigenvalue weighted by Crippen LogP contribution is 2.27. The molecule has 1 saturated heterocycles. The van der Waals surface area contributed by atoms with Crippen LogP contribution in [0.4, 0.5) is 0 Å². The molecular formula is C14H21N5O2S. The summed E-state index contributed by atoms with van der Waals surface area (Å²) in [7, 11) is 0. The van der Waals surface area contributed by atoms with Crippen molar-refractivity contribution in [2.24, 2.45) is 5.92 Å². The smallest absolute Gasteiger partial charge is 0.231 e. The van der Waals surface area contributed by atoms with Gasteiger partial charge in [-0.2, -0.15) is 5.26 Å². The molecule has 0 spiro atoms. The predicted octanol–water partition coefficient (Wildman–Crippen LogP) is 1.80. The normalized spacial score (nSPS) is 20.6. The van der Waals surface area contributed by atoms with E-state index in [0.717, 1.165) is 19.4 Å². The summed E-state index contributed by atoms with van der Waals surface area (Å²) in [5.41, 5.74) is -0.862. The number of ether oxygens (including phenoxy) is 1. The van der Waals surface area contributed by atoms with E-state index in [-0.39, 0.29) is 23.7 Å². The fraction of sp³-hybridized carbons (Fsp3) is 0.714. The van der Waals surface area contributed by atoms with Crippen molar-refractivity contribution in [3.05, 3.63) is 5.82 Å². The number of nitriles is 1. The quantitative estimate of drug-likeness (QED) is 0.774. The number of H-pyrrole nitrogens is 1. The third kappa shape index (κ3) is 3.99. The Morgan fingerprint density at radius 2 is 2.45 bits per heavy atom. The van der Waals surface area contributed by atoms with E-state index in [9.17, 15) is 10.1 Å². The number of nitrogens with zero attached hydrogens (tertiary/aromatic N) is 3. The van der Waals surface area contributed by atoms with Gasteiger partial charge in [0.1, 0.15) is 11.6 Å². The second kappa shape index (κ2) is 7.11. The molecule has 1 aromatic rings. The van der Waals surface area contributed by atoms with E-state index < -0.39 is 5.54 Å². The Balaban J connectivity index is 1.85. The van der Waals surface area contributed by atoms with Crippen molar-refractivity contribution in [1.82, 2.24) is 20.5 Å². The fourth-order valence-corrected chi connectivity index (χ4v) is 2.62. The minimum absolute atomic E-state index is 0.0153. The summed E-state index contributed by atoms with van der Waals surface area (Å²) in [6, 6.07) is 2.15. The van der Waals surface area contributed by atoms with Crippen LogP contribution in [0.5, 0.6) is 0 Å². The van der Waals surface area contributed by atoms with E-state index in [0.29, 0.717) is 11.0 Å². The molecule has 0 aromatic carbocycles. The van der Waals surface area contributed by atoms with Gasteiger partial charge < -0.3 is 10.1 Å². The number of hydrogen-bond donors (Lipinski definition) is 2. The van der Waals surface area contributed by atoms with Crippen LogP contribution >= 0.6 is 11.8 Å². The lowest BCUT2D eigenvalue weighted by molar-refractivity contribution is -0.120. The standard InChI is InChI=1S/C14H21N5O2S/c1-9(2)14(3,8-15)17-11(20)7-22-13-16-12(18-19-13)10-5-4-6-21-10/h9-10H,4-7H2,1-3H3,(H,17,20)(H,16,18,19). The van der Waals surface area contributed by atoms with Crippen LogP contribution in [0.25, 0.3) is 0 Å². The maximum Gasteiger partial charge on any atom is 0.231 e. The van der Waals surface area contributed by atoms with E-state index in [1.54, 1.807) is 6.92 Å². The minimum atomic E-state index is -0.862. The lowest BCUT2D eigenvalue weighted by Crippen LogP contribution is -2.49. The number of carbonyl (C=O) groups excluding carboxylic acids is 1. The second-order valence-corrected chi connectivity index (χ2v) is 6.75. The Morgan fingerprint density at radius 3 is 3.05 bits per heavy atom. The Kier molecular flexibility index (Phi) is 5.42. The summed E-state index contributed by atoms with van der Waals surface area (Å²) in [5, 5.41) is 19.4. The van der Waals surface area contributed by atoms with Gasteiger partial charge in [0.2, 0.25) is 11.1 Å². The molecule has 1 aliphatic rings. The van der Waals surface area contributed by atoms with Gasteiger partial charge in [-0.25, -0.2) is 4.98 Å². The number of aromatic nitrogens is 3. The number of amides is 1. The molecule has 2 N–H and O–H groups in total. The summed E-state index contributed by atoms with van der Waals surface area (Å²) in [6.07, 6.45) is 1.95. The number of hydrogen-bond acceptors (Lipinski definition) is 6. The molecule has 2 unspecified atom stereocenters. The average Bonchev–Trinajstić information content (AvgIpc) is 3.15. The van der Waals surface area contributed by atoms with Crippen molar-refractivity contribution in [1.29, 1.82) is 5.26 Å². The Bertz CT molecular complexity index is 562. The highest BCUT2D eigenvalue weighted by Gasteiger charge is 2.30. The van der Waals surface area contributed by atoms with Crippen LogP contribution in [0.15, 0.2) is 5.16 Å². The van der Waals surface area contributed by atoms with Gasteiger partial charge in [-0.1, -0.05) is 25.6 Å². The van der Waals surface area contributed by atoms with Crippen molar-refractivity contribution in [2.75, 3.05) is 12.4 Å². The lowest BCUT2D eigenvalue weighted by atomic mass is 9.90. The van der Waals surface area contributed by atoms with Crippen molar-refractivity contribution in [3.63, 3.8) is 0 Å². The van der Waals surface area contributed by atoms with Crippen molar-refractivity contribution >= 4 is 17.7 Å². The number of nitrogens with one attached hydrogen (secondary N) is 2. The summed E-state index contributed by atoms with van der Waals surface area (Å²) in [4.78, 5) is 16.3. The highest BCUT2D eigenvalue weighted by molar-refractivity contribution is 7.99. The summed E-state index contributed by atoms with van der Waals surface area (Å²) < 4.78 is 5.53. The number of thioether (sulfide) groups is 1. The third-order valence-electron chi connectivity index (χ3n) is 3.84. The zero-order valence-corrected chi connectivity index (χ0v) is 13.9. The summed E-state index contributed by atoms with van der Waals surface area (Å²) in [5.74, 6) is 0.712. The van der Waals surface area contributed by atoms with Crippen molar-refractivity contribution < 1.29 is 9.53 Å². The van der Waals surface area contributed by atoms with Crippen LogP contribution < -0.4 is 5.32 Å². The van der Waals surface area contributed by atoms with Gasteiger partial charge >= 0.3 is 0 Å². The molecule has 2 atom stereocenters. The zero-order chi connectivity index (χ0) is 16.2. The zero-order valence-electron chi connectivity index (χ0n) is 13.0. The molecular weight excluding hydrogens is 302 g/mol. The highest BCUT2D eigenvalue weighted by atomic mass is 32.2. The largest absolute Gasteiger partial charge is 0.370 e. The molecule has 7 nitrogen and oxygen atoms in total. The molecule has 22 heavy (non-hydrogen) atoms. The molecule has 1 aliphatic heterocycles. The Morgan fingerprint density at radius 1 is 1.68 bits per heavy atom. The first kappa shape index (κ1) is 16.8. The Labute approximate surface area is 134 Å². The molecule has 2 rings (SSSR count). The number of aromatic amines is 1. The van der Waals surface area contributed by atoms with Crippen molar-refractivity contribution in [2.45, 2.75) is 50.4 Å². The van der Waals surface area contributed by atoms with Gasteiger partial charge in [-0.3, -0.25) is 9.89 Å². The Hall–Kier alpha value is -1.59. The van der Waals surface area contributed by atoms with Gasteiger partial charge in [0.15, 0.2) is 5.82 Å². The fourth-order valence-electron chi connectivity index (χ4n) is 2.02. The number of rotatable bonds is 6. The summed E-state index contributed by atoms with van der Waals surface area (Å²) >= 11 is 1.24. The molecule has 0 saturated carbocycles. The maximum atomic E-state index is 12.0. The van der Waals surface area contributed by atoms with Gasteiger partial charge in [0, 0.05) is 6.61 Å². The topological polar surface area (TPSA) is 104 Å². The van der Waals surface area contributed by atoms with Crippen LogP contribution in [0.2, 0.25) is 0 Å². The predicted molar refractivity (Wildman–Crippen MR) is 82.0 cm³/mol. The van der Waals surface area contributed by atoms with E-state index in [4.69, 9.17) is 4.74 Å². The monoisotopic (exact) mass is 323 g/mol. The molecule has 1 amide bonds. The van der Waals surface area contributed by atoms with Crippen LogP contribution in [0, 0.1) is 17.2 Å². The van der Waals surface area contributed by atoms with E-state index >= 15 is 0 Å². The molecule has 8 heteroatoms. The van der Waals surface area contributed by atoms with Crippen LogP contribution in [-0.4, -0.2) is 39.0 Å². The average molecular weight is 323 g/mol. The first-order valence-electron chi connectivity index (χ1n) is 7.33. The maximum absolute atomic E-state index is 12.0. The molecule has 2 heterocycles. The molecule has 1 aromatic heterocycles. The van der Waals surface area contributed by atoms with Crippen LogP contribution in [0.3, 0.4) is 0 Å². The lowest BCUT2D eigenvalue weighted by Gasteiger charge is -2.27. The van der Waals surface area contributed by atoms with Crippen LogP contribution in [-0.2, 0) is 9.53 Å². The van der Waals surface area contributed by atoms with Gasteiger partial charge in [0.05, 0.1) is 11.8 Å². The number of carbonyl (C=O) groups is 1. The second-order valence-electron chi connectivity index (χ2n) is 5.81. The van der Waals surface area contributed by atoms with Crippen LogP contribution in [0.1, 0.15) is 45.5 Å². The van der Waals surface area contributed by atoms with E-state index in [1.165, 1.54) is 11.8 Å². The van der Waals surface area contributed by atoms with Gasteiger partial charge in [-0.05, 0) is 25.7 Å². The molecule has 120 valence electrons. The molecule has 1 fully saturated rings. The van der Waals surface area contributed by atoms with Gasteiger partial charge in [-0.15, -0.1) is 5.10 Å².